The van der Waals surface area contributed by atoms with E-state index in [0.29, 0.717) is 5.56 Å². The molecule has 0 atom stereocenters. The van der Waals surface area contributed by atoms with Crippen molar-refractivity contribution in [1.82, 2.24) is 0 Å². The fraction of sp³-hybridized carbons (Fsp3) is 0.125. The van der Waals surface area contributed by atoms with Gasteiger partial charge in [-0.1, -0.05) is 36.9 Å². The van der Waals surface area contributed by atoms with E-state index < -0.39 is 17.5 Å². The van der Waals surface area contributed by atoms with Crippen LogP contribution in [0.5, 0.6) is 0 Å². The van der Waals surface area contributed by atoms with Gasteiger partial charge in [0, 0.05) is 0 Å². The lowest BCUT2D eigenvalue weighted by atomic mass is 10.1. The molecular weight excluding hydrogens is 298 g/mol. The number of nitriles is 2. The molecular formula is C16H15N3O4. The van der Waals surface area contributed by atoms with Crippen molar-refractivity contribution in [2.24, 2.45) is 5.73 Å². The summed E-state index contributed by atoms with van der Waals surface area (Å²) in [5.74, 6) is -1.95. The van der Waals surface area contributed by atoms with Gasteiger partial charge in [-0.2, -0.15) is 10.5 Å². The van der Waals surface area contributed by atoms with Gasteiger partial charge in [0.2, 0.25) is 0 Å². The minimum absolute atomic E-state index is 0.0133. The fourth-order valence-corrected chi connectivity index (χ4v) is 1.25. The lowest BCUT2D eigenvalue weighted by Gasteiger charge is -2.01. The second-order valence-electron chi connectivity index (χ2n) is 3.88. The minimum Gasteiger partial charge on any atom is -0.477 e. The van der Waals surface area contributed by atoms with Crippen LogP contribution >= 0.6 is 0 Å². The molecule has 3 N–H and O–H groups in total. The van der Waals surface area contributed by atoms with Crippen molar-refractivity contribution in [3.8, 4) is 12.1 Å². The molecule has 7 nitrogen and oxygen atoms in total. The van der Waals surface area contributed by atoms with Gasteiger partial charge >= 0.3 is 11.9 Å². The Bertz CT molecular complexity index is 694. The minimum atomic E-state index is -1.31. The Morgan fingerprint density at radius 2 is 1.83 bits per heavy atom. The van der Waals surface area contributed by atoms with Crippen LogP contribution in [0.25, 0.3) is 5.70 Å². The monoisotopic (exact) mass is 313 g/mol. The normalized spacial score (nSPS) is 9.87. The third-order valence-corrected chi connectivity index (χ3v) is 2.34. The molecule has 118 valence electrons. The van der Waals surface area contributed by atoms with Crippen molar-refractivity contribution in [3.05, 3.63) is 53.6 Å². The van der Waals surface area contributed by atoms with Crippen LogP contribution in [-0.2, 0) is 14.3 Å². The quantitative estimate of drug-likeness (QED) is 0.489. The maximum atomic E-state index is 10.6. The predicted molar refractivity (Wildman–Crippen MR) is 82.2 cm³/mol. The summed E-state index contributed by atoms with van der Waals surface area (Å²) >= 11 is 0. The molecule has 0 unspecified atom stereocenters. The molecule has 0 bridgehead atoms. The first kappa shape index (κ1) is 19.4. The molecule has 0 aromatic heterocycles. The van der Waals surface area contributed by atoms with Gasteiger partial charge in [0.25, 0.3) is 0 Å². The van der Waals surface area contributed by atoms with Crippen molar-refractivity contribution < 1.29 is 19.4 Å². The number of aliphatic carboxylic acids is 1. The van der Waals surface area contributed by atoms with E-state index in [1.165, 1.54) is 0 Å². The summed E-state index contributed by atoms with van der Waals surface area (Å²) in [5, 5.41) is 25.3. The first-order valence-electron chi connectivity index (χ1n) is 6.33. The zero-order chi connectivity index (χ0) is 17.8. The van der Waals surface area contributed by atoms with Crippen LogP contribution < -0.4 is 5.73 Å². The Hall–Kier alpha value is -3.58. The maximum absolute atomic E-state index is 10.6. The molecule has 0 amide bonds. The molecule has 1 rings (SSSR count). The van der Waals surface area contributed by atoms with E-state index in [1.54, 1.807) is 49.4 Å². The van der Waals surface area contributed by atoms with E-state index in [2.05, 4.69) is 11.3 Å². The number of ether oxygens (including phenoxy) is 1. The van der Waals surface area contributed by atoms with Crippen LogP contribution in [-0.4, -0.2) is 23.7 Å². The summed E-state index contributed by atoms with van der Waals surface area (Å²) in [4.78, 5) is 21.0. The molecule has 0 saturated heterocycles. The van der Waals surface area contributed by atoms with Crippen molar-refractivity contribution in [1.29, 1.82) is 10.5 Å². The Labute approximate surface area is 133 Å². The number of carboxylic acids is 1. The van der Waals surface area contributed by atoms with Crippen LogP contribution in [0.3, 0.4) is 0 Å². The number of esters is 1. The van der Waals surface area contributed by atoms with E-state index in [-0.39, 0.29) is 17.9 Å². The van der Waals surface area contributed by atoms with Crippen LogP contribution in [0.4, 0.5) is 0 Å². The van der Waals surface area contributed by atoms with Gasteiger partial charge in [-0.05, 0) is 12.5 Å². The highest BCUT2D eigenvalue weighted by atomic mass is 16.5. The van der Waals surface area contributed by atoms with Crippen molar-refractivity contribution in [3.63, 3.8) is 0 Å². The number of rotatable bonds is 4. The molecule has 0 heterocycles. The molecule has 1 aromatic rings. The molecule has 0 spiro atoms. The number of nitrogens with zero attached hydrogens (tertiary/aromatic N) is 2. The summed E-state index contributed by atoms with van der Waals surface area (Å²) in [7, 11) is 0. The Morgan fingerprint density at radius 1 is 1.26 bits per heavy atom. The molecule has 0 aliphatic rings. The molecule has 23 heavy (non-hydrogen) atoms. The number of carboxylic acid groups (broad SMARTS) is 1. The lowest BCUT2D eigenvalue weighted by molar-refractivity contribution is -0.138. The molecule has 1 aromatic carbocycles. The molecule has 0 aliphatic carbocycles. The average Bonchev–Trinajstić information content (AvgIpc) is 2.56. The molecule has 0 radical (unpaired) electrons. The SMILES string of the molecule is C=C(C#N)C(=O)OCC.N#C/C(C(=O)O)=C(/N)c1ccccc1. The fourth-order valence-electron chi connectivity index (χ4n) is 1.25. The summed E-state index contributed by atoms with van der Waals surface area (Å²) in [6.45, 7) is 5.10. The van der Waals surface area contributed by atoms with E-state index in [4.69, 9.17) is 21.4 Å². The number of hydrogen-bond acceptors (Lipinski definition) is 6. The summed E-state index contributed by atoms with van der Waals surface area (Å²) in [6.07, 6.45) is 0. The van der Waals surface area contributed by atoms with Gasteiger partial charge in [0.1, 0.15) is 17.7 Å². The van der Waals surface area contributed by atoms with E-state index in [0.717, 1.165) is 0 Å². The number of carbonyl (C=O) groups is 2. The van der Waals surface area contributed by atoms with Gasteiger partial charge < -0.3 is 15.6 Å². The highest BCUT2D eigenvalue weighted by molar-refractivity contribution is 5.99. The molecule has 0 saturated carbocycles. The third kappa shape index (κ3) is 6.61. The van der Waals surface area contributed by atoms with Gasteiger partial charge in [-0.3, -0.25) is 0 Å². The lowest BCUT2D eigenvalue weighted by Crippen LogP contribution is -2.08. The first-order valence-corrected chi connectivity index (χ1v) is 6.33. The van der Waals surface area contributed by atoms with E-state index in [9.17, 15) is 9.59 Å². The highest BCUT2D eigenvalue weighted by Crippen LogP contribution is 2.12. The predicted octanol–water partition coefficient (Wildman–Crippen LogP) is 1.59. The Balaban J connectivity index is 0.000000468. The average molecular weight is 313 g/mol. The maximum Gasteiger partial charge on any atom is 0.348 e. The van der Waals surface area contributed by atoms with Crippen LogP contribution in [0, 0.1) is 22.7 Å². The van der Waals surface area contributed by atoms with Crippen molar-refractivity contribution in [2.45, 2.75) is 6.92 Å². The second kappa shape index (κ2) is 10.2. The largest absolute Gasteiger partial charge is 0.477 e. The summed E-state index contributed by atoms with van der Waals surface area (Å²) in [6, 6.07) is 11.7. The molecule has 0 fully saturated rings. The number of nitrogens with two attached hydrogens (primary N) is 1. The number of benzene rings is 1. The van der Waals surface area contributed by atoms with E-state index >= 15 is 0 Å². The van der Waals surface area contributed by atoms with Gasteiger partial charge in [0.05, 0.1) is 12.3 Å². The second-order valence-corrected chi connectivity index (χ2v) is 3.88. The van der Waals surface area contributed by atoms with Crippen LogP contribution in [0.2, 0.25) is 0 Å². The topological polar surface area (TPSA) is 137 Å². The number of carbonyl (C=O) groups excluding carboxylic acids is 1. The summed E-state index contributed by atoms with van der Waals surface area (Å²) in [5.41, 5.74) is 5.46. The first-order chi connectivity index (χ1) is 10.9. The standard InChI is InChI=1S/C10H8N2O2.C6H7NO2/c11-6-8(10(13)14)9(12)7-4-2-1-3-5-7;1-3-9-6(8)5(2)4-7/h1-5H,12H2,(H,13,14);2-3H2,1H3/b9-8-;. The van der Waals surface area contributed by atoms with E-state index in [1.807, 2.05) is 0 Å². The Morgan fingerprint density at radius 3 is 2.22 bits per heavy atom. The van der Waals surface area contributed by atoms with Gasteiger partial charge in [-0.25, -0.2) is 9.59 Å². The van der Waals surface area contributed by atoms with Crippen molar-refractivity contribution >= 4 is 17.6 Å². The zero-order valence-corrected chi connectivity index (χ0v) is 12.4. The van der Waals surface area contributed by atoms with Crippen LogP contribution in [0.15, 0.2) is 48.1 Å². The van der Waals surface area contributed by atoms with Crippen LogP contribution in [0.1, 0.15) is 12.5 Å². The van der Waals surface area contributed by atoms with Crippen molar-refractivity contribution in [2.75, 3.05) is 6.61 Å². The smallest absolute Gasteiger partial charge is 0.348 e. The Kier molecular flexibility index (Phi) is 8.60. The molecule has 0 aliphatic heterocycles. The highest BCUT2D eigenvalue weighted by Gasteiger charge is 2.12. The van der Waals surface area contributed by atoms with Gasteiger partial charge in [-0.15, -0.1) is 0 Å². The number of hydrogen-bond donors (Lipinski definition) is 2. The summed E-state index contributed by atoms with van der Waals surface area (Å²) < 4.78 is 4.43. The zero-order valence-electron chi connectivity index (χ0n) is 12.4. The third-order valence-electron chi connectivity index (χ3n) is 2.34. The molecule has 7 heteroatoms. The van der Waals surface area contributed by atoms with Gasteiger partial charge in [0.15, 0.2) is 5.57 Å².